The van der Waals surface area contributed by atoms with E-state index in [9.17, 15) is 43.2 Å². The van der Waals surface area contributed by atoms with Crippen LogP contribution in [0.25, 0.3) is 0 Å². The Bertz CT molecular complexity index is 2300. The molecule has 1 atom stereocenters. The minimum absolute atomic E-state index is 0.0278. The summed E-state index contributed by atoms with van der Waals surface area (Å²) in [5, 5.41) is 13.3. The summed E-state index contributed by atoms with van der Waals surface area (Å²) in [6.45, 7) is 1.40. The van der Waals surface area contributed by atoms with Gasteiger partial charge in [-0.2, -0.15) is 0 Å². The maximum Gasteiger partial charge on any atom is 0.411 e. The second kappa shape index (κ2) is 25.7. The first-order valence-corrected chi connectivity index (χ1v) is 23.7. The molecule has 3 aliphatic rings. The van der Waals surface area contributed by atoms with Crippen molar-refractivity contribution in [2.75, 3.05) is 49.2 Å². The first-order chi connectivity index (χ1) is 32.9. The van der Waals surface area contributed by atoms with Crippen LogP contribution < -0.4 is 26.6 Å². The second-order valence-corrected chi connectivity index (χ2v) is 17.8. The third-order valence-corrected chi connectivity index (χ3v) is 12.8. The number of para-hydroxylation sites is 2. The monoisotopic (exact) mass is 952 g/mol. The van der Waals surface area contributed by atoms with Crippen molar-refractivity contribution in [2.45, 2.75) is 76.2 Å². The van der Waals surface area contributed by atoms with Crippen LogP contribution in [0.3, 0.4) is 0 Å². The Balaban J connectivity index is 0.791. The van der Waals surface area contributed by atoms with Crippen molar-refractivity contribution >= 4 is 76.7 Å². The van der Waals surface area contributed by atoms with Gasteiger partial charge in [0.1, 0.15) is 13.2 Å². The summed E-state index contributed by atoms with van der Waals surface area (Å²) in [6.07, 6.45) is 9.55. The number of benzene rings is 2. The van der Waals surface area contributed by atoms with Crippen LogP contribution >= 0.6 is 11.8 Å². The van der Waals surface area contributed by atoms with Crippen LogP contribution in [0.4, 0.5) is 21.0 Å². The smallest absolute Gasteiger partial charge is 0.411 e. The maximum absolute atomic E-state index is 13.1. The van der Waals surface area contributed by atoms with Crippen molar-refractivity contribution in [3.05, 3.63) is 102 Å². The van der Waals surface area contributed by atoms with E-state index in [-0.39, 0.29) is 98.8 Å². The SMILES string of the molecule is O=C(CCCCCN1C(=O)CC(SCCOC(=O)Nc2ccccc2NC(=O)c2ccc(CNC(=O)OCc3cccnc3)cc2)C1=O)NCC1CCC(C(=O)NCCN2C(=O)C=CC2=O)CC1. The molecule has 9 amide bonds. The molecule has 1 unspecified atom stereocenters. The van der Waals surface area contributed by atoms with Crippen LogP contribution in [-0.2, 0) is 51.4 Å². The molecule has 3 heterocycles. The molecule has 19 nitrogen and oxygen atoms in total. The molecule has 3 aromatic rings. The molecule has 0 radical (unpaired) electrons. The van der Waals surface area contributed by atoms with E-state index in [4.69, 9.17) is 9.47 Å². The number of thioether (sulfide) groups is 1. The van der Waals surface area contributed by atoms with Crippen molar-refractivity contribution in [3.63, 3.8) is 0 Å². The van der Waals surface area contributed by atoms with Gasteiger partial charge in [-0.3, -0.25) is 53.7 Å². The largest absolute Gasteiger partial charge is 0.448 e. The molecule has 1 saturated carbocycles. The molecule has 68 heavy (non-hydrogen) atoms. The van der Waals surface area contributed by atoms with Gasteiger partial charge in [0.15, 0.2) is 0 Å². The number of carbonyl (C=O) groups excluding carboxylic acids is 9. The van der Waals surface area contributed by atoms with Crippen LogP contribution in [0, 0.1) is 11.8 Å². The Morgan fingerprint density at radius 1 is 0.721 bits per heavy atom. The number of amides is 9. The zero-order valence-corrected chi connectivity index (χ0v) is 38.4. The predicted octanol–water partition coefficient (Wildman–Crippen LogP) is 4.69. The molecule has 2 aliphatic heterocycles. The summed E-state index contributed by atoms with van der Waals surface area (Å²) in [5.41, 5.74) is 2.50. The van der Waals surface area contributed by atoms with Gasteiger partial charge in [0.2, 0.25) is 23.6 Å². The lowest BCUT2D eigenvalue weighted by atomic mass is 9.81. The third kappa shape index (κ3) is 15.5. The number of aromatic nitrogens is 1. The Morgan fingerprint density at radius 3 is 2.18 bits per heavy atom. The summed E-state index contributed by atoms with van der Waals surface area (Å²) in [6, 6.07) is 16.8. The van der Waals surface area contributed by atoms with Gasteiger partial charge in [-0.25, -0.2) is 9.59 Å². The Labute approximate surface area is 397 Å². The van der Waals surface area contributed by atoms with Crippen LogP contribution in [0.1, 0.15) is 79.3 Å². The topological polar surface area (TPSA) is 252 Å². The number of ether oxygens (including phenoxy) is 2. The van der Waals surface area contributed by atoms with E-state index in [1.807, 2.05) is 0 Å². The molecular weight excluding hydrogens is 897 g/mol. The van der Waals surface area contributed by atoms with E-state index < -0.39 is 23.3 Å². The number of imide groups is 2. The number of carbonyl (C=O) groups is 9. The molecule has 6 rings (SSSR count). The first kappa shape index (κ1) is 50.3. The van der Waals surface area contributed by atoms with Crippen molar-refractivity contribution < 1.29 is 52.6 Å². The molecule has 1 saturated heterocycles. The summed E-state index contributed by atoms with van der Waals surface area (Å²) in [4.78, 5) is 118. The minimum Gasteiger partial charge on any atom is -0.448 e. The van der Waals surface area contributed by atoms with Crippen molar-refractivity contribution in [3.8, 4) is 0 Å². The highest BCUT2D eigenvalue weighted by molar-refractivity contribution is 8.00. The van der Waals surface area contributed by atoms with Gasteiger partial charge < -0.3 is 30.7 Å². The van der Waals surface area contributed by atoms with Gasteiger partial charge in [-0.1, -0.05) is 36.8 Å². The average Bonchev–Trinajstić information content (AvgIpc) is 3.81. The highest BCUT2D eigenvalue weighted by Gasteiger charge is 2.38. The molecular formula is C48H56N8O11S. The zero-order chi connectivity index (χ0) is 48.3. The molecule has 360 valence electrons. The lowest BCUT2D eigenvalue weighted by Crippen LogP contribution is -2.41. The summed E-state index contributed by atoms with van der Waals surface area (Å²) >= 11 is 1.24. The number of hydrogen-bond acceptors (Lipinski definition) is 13. The lowest BCUT2D eigenvalue weighted by molar-refractivity contribution is -0.139. The highest BCUT2D eigenvalue weighted by Crippen LogP contribution is 2.29. The van der Waals surface area contributed by atoms with E-state index in [0.29, 0.717) is 62.0 Å². The summed E-state index contributed by atoms with van der Waals surface area (Å²) in [5.74, 6) is -1.45. The van der Waals surface area contributed by atoms with E-state index in [1.165, 1.54) is 28.8 Å². The summed E-state index contributed by atoms with van der Waals surface area (Å²) in [7, 11) is 0. The number of pyridine rings is 1. The maximum atomic E-state index is 13.1. The van der Waals surface area contributed by atoms with Gasteiger partial charge in [-0.15, -0.1) is 11.8 Å². The van der Waals surface area contributed by atoms with Crippen LogP contribution in [0.5, 0.6) is 0 Å². The molecule has 0 bridgehead atoms. The minimum atomic E-state index is -0.763. The molecule has 1 aliphatic carbocycles. The number of anilines is 2. The quantitative estimate of drug-likeness (QED) is 0.0640. The fourth-order valence-electron chi connectivity index (χ4n) is 7.81. The van der Waals surface area contributed by atoms with Gasteiger partial charge in [0, 0.05) is 92.9 Å². The predicted molar refractivity (Wildman–Crippen MR) is 250 cm³/mol. The molecule has 0 spiro atoms. The Morgan fingerprint density at radius 2 is 1.46 bits per heavy atom. The fraction of sp³-hybridized carbons (Fsp3) is 0.417. The molecule has 5 N–H and O–H groups in total. The number of nitrogens with zero attached hydrogens (tertiary/aromatic N) is 3. The van der Waals surface area contributed by atoms with Crippen LogP contribution in [-0.4, -0.2) is 112 Å². The molecule has 20 heteroatoms. The Hall–Kier alpha value is -7.09. The molecule has 2 aromatic carbocycles. The Kier molecular flexibility index (Phi) is 19.0. The number of likely N-dealkylation sites (tertiary alicyclic amines) is 1. The first-order valence-electron chi connectivity index (χ1n) is 22.7. The number of hydrogen-bond donors (Lipinski definition) is 5. The third-order valence-electron chi connectivity index (χ3n) is 11.6. The highest BCUT2D eigenvalue weighted by atomic mass is 32.2. The van der Waals surface area contributed by atoms with Gasteiger partial charge >= 0.3 is 12.2 Å². The second-order valence-electron chi connectivity index (χ2n) is 16.5. The fourth-order valence-corrected chi connectivity index (χ4v) is 8.80. The molecule has 2 fully saturated rings. The zero-order valence-electron chi connectivity index (χ0n) is 37.6. The number of rotatable bonds is 23. The molecule has 1 aromatic heterocycles. The van der Waals surface area contributed by atoms with E-state index in [1.54, 1.807) is 73.1 Å². The van der Waals surface area contributed by atoms with E-state index >= 15 is 0 Å². The summed E-state index contributed by atoms with van der Waals surface area (Å²) < 4.78 is 10.5. The van der Waals surface area contributed by atoms with E-state index in [2.05, 4.69) is 31.6 Å². The van der Waals surface area contributed by atoms with Gasteiger partial charge in [0.25, 0.3) is 17.7 Å². The average molecular weight is 953 g/mol. The van der Waals surface area contributed by atoms with Gasteiger partial charge in [-0.05, 0) is 80.3 Å². The number of alkyl carbamates (subject to hydrolysis) is 1. The number of unbranched alkanes of at least 4 members (excludes halogenated alkanes) is 2. The normalized spacial score (nSPS) is 17.7. The van der Waals surface area contributed by atoms with Crippen molar-refractivity contribution in [1.29, 1.82) is 0 Å². The number of nitrogens with one attached hydrogen (secondary N) is 5. The van der Waals surface area contributed by atoms with Crippen LogP contribution in [0.15, 0.2) is 85.2 Å². The van der Waals surface area contributed by atoms with Crippen molar-refractivity contribution in [2.24, 2.45) is 11.8 Å². The lowest BCUT2D eigenvalue weighted by Gasteiger charge is -2.28. The van der Waals surface area contributed by atoms with Crippen molar-refractivity contribution in [1.82, 2.24) is 30.7 Å². The standard InChI is InChI=1S/C48H56N8O11S/c57-40(51-29-32-11-15-35(16-12-32)44(61)50-22-24-55-41(58)19-20-42(55)59)10-2-1-5-23-56-43(60)27-39(46(56)63)68-26-25-66-48(65)54-38-9-4-3-8-37(38)53-45(62)36-17-13-33(14-18-36)30-52-47(64)67-31-34-7-6-21-49-28-34/h3-4,6-9,13-14,17-21,28,32,35,39H,1-2,5,10-12,15-16,22-27,29-31H2,(H,50,61)(H,51,57)(H,52,64)(H,53,62)(H,54,65). The van der Waals surface area contributed by atoms with Crippen LogP contribution in [0.2, 0.25) is 0 Å². The van der Waals surface area contributed by atoms with Gasteiger partial charge in [0.05, 0.1) is 16.6 Å². The van der Waals surface area contributed by atoms with E-state index in [0.717, 1.165) is 28.9 Å².